The van der Waals surface area contributed by atoms with E-state index in [2.05, 4.69) is 52.4 Å². The number of hydrogen-bond donors (Lipinski definition) is 0. The Morgan fingerprint density at radius 1 is 1.08 bits per heavy atom. The molecule has 0 bridgehead atoms. The van der Waals surface area contributed by atoms with E-state index in [0.717, 1.165) is 20.2 Å². The lowest BCUT2D eigenvalue weighted by Gasteiger charge is -2.23. The zero-order chi connectivity index (χ0) is 16.7. The minimum Gasteiger partial charge on any atom is -0.214 e. The molecule has 2 heterocycles. The van der Waals surface area contributed by atoms with Crippen LogP contribution in [0.3, 0.4) is 0 Å². The van der Waals surface area contributed by atoms with Crippen LogP contribution < -0.4 is 0 Å². The molecule has 0 spiro atoms. The fourth-order valence-corrected chi connectivity index (χ4v) is 3.54. The number of nitrogens with zero attached hydrogens (tertiary/aromatic N) is 5. The Labute approximate surface area is 153 Å². The van der Waals surface area contributed by atoms with Crippen molar-refractivity contribution < 1.29 is 4.39 Å². The van der Waals surface area contributed by atoms with Gasteiger partial charge < -0.3 is 0 Å². The number of rotatable bonds is 2. The molecule has 3 aromatic rings. The second kappa shape index (κ2) is 6.18. The molecule has 0 saturated heterocycles. The fourth-order valence-electron chi connectivity index (χ4n) is 2.76. The van der Waals surface area contributed by atoms with Gasteiger partial charge in [0.2, 0.25) is 0 Å². The molecular formula is C16H10Br2FN5. The largest absolute Gasteiger partial charge is 0.269 e. The average Bonchev–Trinajstić information content (AvgIpc) is 3.05. The summed E-state index contributed by atoms with van der Waals surface area (Å²) in [6, 6.07) is 12.4. The monoisotopic (exact) mass is 449 g/mol. The number of fused-ring (bicyclic) bond motifs is 1. The average molecular weight is 451 g/mol. The predicted octanol–water partition coefficient (Wildman–Crippen LogP) is 4.45. The van der Waals surface area contributed by atoms with Crippen LogP contribution >= 0.6 is 31.9 Å². The normalized spacial score (nSPS) is 16.6. The van der Waals surface area contributed by atoms with Crippen LogP contribution in [0.1, 0.15) is 23.6 Å². The lowest BCUT2D eigenvalue weighted by Crippen LogP contribution is -2.22. The Morgan fingerprint density at radius 3 is 2.75 bits per heavy atom. The van der Waals surface area contributed by atoms with Crippen LogP contribution in [0.2, 0.25) is 0 Å². The number of halogens is 3. The van der Waals surface area contributed by atoms with Crippen molar-refractivity contribution in [2.75, 3.05) is 0 Å². The van der Waals surface area contributed by atoms with Gasteiger partial charge in [0.05, 0.1) is 11.8 Å². The van der Waals surface area contributed by atoms with Gasteiger partial charge in [0, 0.05) is 20.9 Å². The molecule has 120 valence electrons. The van der Waals surface area contributed by atoms with Crippen LogP contribution in [0.25, 0.3) is 0 Å². The minimum atomic E-state index is -0.348. The summed E-state index contributed by atoms with van der Waals surface area (Å²) in [5.41, 5.74) is 2.31. The Balaban J connectivity index is 1.83. The van der Waals surface area contributed by atoms with E-state index < -0.39 is 0 Å². The first kappa shape index (κ1) is 15.6. The Hall–Kier alpha value is -1.93. The summed E-state index contributed by atoms with van der Waals surface area (Å²) in [6.07, 6.45) is 0.502. The molecule has 4 rings (SSSR count). The van der Waals surface area contributed by atoms with Gasteiger partial charge in [0.1, 0.15) is 5.82 Å². The SMILES string of the molecule is Fc1ccc(Br)cc1C1CC(c2cccc(Br)c2)=Nc2nnnn21. The number of tetrazole rings is 1. The standard InChI is InChI=1S/C16H10Br2FN5/c17-10-3-1-2-9(6-10)14-8-15(24-16(20-14)21-22-23-24)12-7-11(18)4-5-13(12)19/h1-7,15H,8H2. The van der Waals surface area contributed by atoms with Crippen LogP contribution in [0, 0.1) is 5.82 Å². The summed E-state index contributed by atoms with van der Waals surface area (Å²) in [6.45, 7) is 0. The maximum absolute atomic E-state index is 14.4. The molecule has 0 fully saturated rings. The molecule has 2 aromatic carbocycles. The van der Waals surface area contributed by atoms with Gasteiger partial charge in [-0.2, -0.15) is 0 Å². The van der Waals surface area contributed by atoms with Gasteiger partial charge in [-0.1, -0.05) is 49.1 Å². The molecule has 1 aliphatic rings. The van der Waals surface area contributed by atoms with E-state index in [1.165, 1.54) is 6.07 Å². The first-order valence-electron chi connectivity index (χ1n) is 7.18. The summed E-state index contributed by atoms with van der Waals surface area (Å²) in [7, 11) is 0. The van der Waals surface area contributed by atoms with Gasteiger partial charge in [0.25, 0.3) is 5.95 Å². The van der Waals surface area contributed by atoms with Crippen molar-refractivity contribution in [3.63, 3.8) is 0 Å². The van der Waals surface area contributed by atoms with E-state index in [1.807, 2.05) is 24.3 Å². The number of aliphatic imine (C=N–C) groups is 1. The van der Waals surface area contributed by atoms with Crippen LogP contribution in [-0.4, -0.2) is 25.9 Å². The zero-order valence-corrected chi connectivity index (χ0v) is 15.4. The van der Waals surface area contributed by atoms with Crippen LogP contribution in [0.4, 0.5) is 10.3 Å². The van der Waals surface area contributed by atoms with Crippen LogP contribution in [0.15, 0.2) is 56.4 Å². The van der Waals surface area contributed by atoms with Gasteiger partial charge in [0.15, 0.2) is 0 Å². The van der Waals surface area contributed by atoms with Crippen LogP contribution in [0.5, 0.6) is 0 Å². The van der Waals surface area contributed by atoms with Crippen molar-refractivity contribution in [2.24, 2.45) is 4.99 Å². The summed E-state index contributed by atoms with van der Waals surface area (Å²) in [4.78, 5) is 4.53. The molecule has 0 amide bonds. The zero-order valence-electron chi connectivity index (χ0n) is 12.2. The lowest BCUT2D eigenvalue weighted by molar-refractivity contribution is 0.486. The van der Waals surface area contributed by atoms with Crippen molar-refractivity contribution in [3.05, 3.63) is 68.4 Å². The second-order valence-electron chi connectivity index (χ2n) is 5.38. The molecule has 8 heteroatoms. The van der Waals surface area contributed by atoms with E-state index in [9.17, 15) is 4.39 Å². The Kier molecular flexibility index (Phi) is 4.01. The summed E-state index contributed by atoms with van der Waals surface area (Å²) in [5.74, 6) is 0.0840. The van der Waals surface area contributed by atoms with Gasteiger partial charge in [-0.15, -0.1) is 0 Å². The maximum atomic E-state index is 14.4. The smallest absolute Gasteiger partial charge is 0.214 e. The molecule has 24 heavy (non-hydrogen) atoms. The third-order valence-electron chi connectivity index (χ3n) is 3.87. The van der Waals surface area contributed by atoms with E-state index in [0.29, 0.717) is 17.9 Å². The molecule has 0 aliphatic carbocycles. The first-order chi connectivity index (χ1) is 11.6. The molecule has 5 nitrogen and oxygen atoms in total. The number of hydrogen-bond acceptors (Lipinski definition) is 4. The molecule has 1 atom stereocenters. The predicted molar refractivity (Wildman–Crippen MR) is 95.0 cm³/mol. The number of benzene rings is 2. The molecular weight excluding hydrogens is 441 g/mol. The highest BCUT2D eigenvalue weighted by molar-refractivity contribution is 9.10. The number of aromatic nitrogens is 4. The molecule has 1 aliphatic heterocycles. The highest BCUT2D eigenvalue weighted by Crippen LogP contribution is 2.34. The third-order valence-corrected chi connectivity index (χ3v) is 4.85. The van der Waals surface area contributed by atoms with Crippen LogP contribution in [-0.2, 0) is 0 Å². The van der Waals surface area contributed by atoms with Crippen molar-refractivity contribution >= 4 is 43.5 Å². The van der Waals surface area contributed by atoms with E-state index in [4.69, 9.17) is 0 Å². The summed E-state index contributed by atoms with van der Waals surface area (Å²) < 4.78 is 17.7. The molecule has 0 N–H and O–H groups in total. The van der Waals surface area contributed by atoms with Gasteiger partial charge in [-0.3, -0.25) is 0 Å². The topological polar surface area (TPSA) is 56.0 Å². The fraction of sp³-hybridized carbons (Fsp3) is 0.125. The van der Waals surface area contributed by atoms with Crippen molar-refractivity contribution in [2.45, 2.75) is 12.5 Å². The van der Waals surface area contributed by atoms with Crippen molar-refractivity contribution in [1.82, 2.24) is 20.2 Å². The van der Waals surface area contributed by atoms with E-state index >= 15 is 0 Å². The second-order valence-corrected chi connectivity index (χ2v) is 7.21. The highest BCUT2D eigenvalue weighted by atomic mass is 79.9. The summed E-state index contributed by atoms with van der Waals surface area (Å²) >= 11 is 6.87. The molecule has 0 radical (unpaired) electrons. The van der Waals surface area contributed by atoms with Gasteiger partial charge >= 0.3 is 0 Å². The Bertz CT molecular complexity index is 953. The Morgan fingerprint density at radius 2 is 1.92 bits per heavy atom. The maximum Gasteiger partial charge on any atom is 0.269 e. The van der Waals surface area contributed by atoms with E-state index in [-0.39, 0.29) is 11.9 Å². The third kappa shape index (κ3) is 2.80. The van der Waals surface area contributed by atoms with Gasteiger partial charge in [-0.05, 0) is 46.3 Å². The van der Waals surface area contributed by atoms with Gasteiger partial charge in [-0.25, -0.2) is 14.1 Å². The van der Waals surface area contributed by atoms with Crippen molar-refractivity contribution in [1.29, 1.82) is 0 Å². The summed E-state index contributed by atoms with van der Waals surface area (Å²) in [5, 5.41) is 11.6. The van der Waals surface area contributed by atoms with Crippen molar-refractivity contribution in [3.8, 4) is 0 Å². The van der Waals surface area contributed by atoms with E-state index in [1.54, 1.807) is 16.8 Å². The molecule has 1 aromatic heterocycles. The first-order valence-corrected chi connectivity index (χ1v) is 8.77. The highest BCUT2D eigenvalue weighted by Gasteiger charge is 2.29. The minimum absolute atomic E-state index is 0.292. The molecule has 1 unspecified atom stereocenters. The quantitative estimate of drug-likeness (QED) is 0.579. The lowest BCUT2D eigenvalue weighted by atomic mass is 9.96. The molecule has 0 saturated carbocycles.